The highest BCUT2D eigenvalue weighted by molar-refractivity contribution is 9.10. The van der Waals surface area contributed by atoms with E-state index in [1.807, 2.05) is 24.3 Å². The molecule has 9 heteroatoms. The smallest absolute Gasteiger partial charge is 0.357 e. The van der Waals surface area contributed by atoms with Gasteiger partial charge in [-0.25, -0.2) is 18.9 Å². The Labute approximate surface area is 187 Å². The fourth-order valence-corrected chi connectivity index (χ4v) is 3.37. The van der Waals surface area contributed by atoms with Gasteiger partial charge in [-0.1, -0.05) is 28.1 Å². The molecule has 31 heavy (non-hydrogen) atoms. The van der Waals surface area contributed by atoms with E-state index in [4.69, 9.17) is 14.2 Å². The molecule has 0 saturated heterocycles. The van der Waals surface area contributed by atoms with Crippen LogP contribution in [0.1, 0.15) is 52.0 Å². The van der Waals surface area contributed by atoms with Crippen molar-refractivity contribution in [2.45, 2.75) is 20.8 Å². The summed E-state index contributed by atoms with van der Waals surface area (Å²) in [6.07, 6.45) is 0. The minimum absolute atomic E-state index is 0.0626. The predicted molar refractivity (Wildman–Crippen MR) is 116 cm³/mol. The first-order chi connectivity index (χ1) is 14.9. The van der Waals surface area contributed by atoms with Gasteiger partial charge >= 0.3 is 17.9 Å². The van der Waals surface area contributed by atoms with E-state index in [1.165, 1.54) is 4.52 Å². The number of nitrogens with zero attached hydrogens (tertiary/aromatic N) is 2. The third-order valence-corrected chi connectivity index (χ3v) is 4.89. The van der Waals surface area contributed by atoms with Crippen molar-refractivity contribution >= 4 is 39.4 Å². The number of hydrogen-bond acceptors (Lipinski definition) is 7. The van der Waals surface area contributed by atoms with Gasteiger partial charge in [-0.3, -0.25) is 0 Å². The number of carbonyl (C=O) groups is 3. The van der Waals surface area contributed by atoms with E-state index in [0.29, 0.717) is 5.69 Å². The van der Waals surface area contributed by atoms with Gasteiger partial charge in [-0.15, -0.1) is 0 Å². The van der Waals surface area contributed by atoms with Crippen LogP contribution in [0.4, 0.5) is 0 Å². The van der Waals surface area contributed by atoms with Crippen LogP contribution >= 0.6 is 15.9 Å². The van der Waals surface area contributed by atoms with Gasteiger partial charge in [0, 0.05) is 10.0 Å². The van der Waals surface area contributed by atoms with Gasteiger partial charge in [0.1, 0.15) is 11.1 Å². The summed E-state index contributed by atoms with van der Waals surface area (Å²) < 4.78 is 17.6. The number of halogens is 1. The standard InChI is InChI=1S/C22H21BrN2O6/c1-4-29-20(26)17-16-12-11-15(13-7-9-14(23)10-8-13)24-25(16)19(22(28)31-6-3)18(17)21(27)30-5-2/h7-12H,4-6H2,1-3H3. The Balaban J connectivity index is 2.34. The van der Waals surface area contributed by atoms with Crippen LogP contribution in [-0.4, -0.2) is 47.3 Å². The first-order valence-electron chi connectivity index (χ1n) is 9.75. The highest BCUT2D eigenvalue weighted by Crippen LogP contribution is 2.28. The summed E-state index contributed by atoms with van der Waals surface area (Å²) in [5.74, 6) is -2.38. The van der Waals surface area contributed by atoms with E-state index in [9.17, 15) is 14.4 Å². The Morgan fingerprint density at radius 3 is 1.94 bits per heavy atom. The summed E-state index contributed by atoms with van der Waals surface area (Å²) >= 11 is 3.39. The Hall–Kier alpha value is -3.20. The van der Waals surface area contributed by atoms with Gasteiger partial charge < -0.3 is 14.2 Å². The molecule has 0 aliphatic heterocycles. The number of hydrogen-bond donors (Lipinski definition) is 0. The van der Waals surface area contributed by atoms with Crippen molar-refractivity contribution in [2.75, 3.05) is 19.8 Å². The number of benzene rings is 1. The average molecular weight is 489 g/mol. The molecule has 1 aromatic carbocycles. The molecule has 0 N–H and O–H groups in total. The molecule has 0 aliphatic rings. The van der Waals surface area contributed by atoms with Crippen molar-refractivity contribution in [3.05, 3.63) is 57.7 Å². The molecule has 0 unspecified atom stereocenters. The molecule has 0 radical (unpaired) electrons. The van der Waals surface area contributed by atoms with E-state index in [2.05, 4.69) is 21.0 Å². The summed E-state index contributed by atoms with van der Waals surface area (Å²) in [6, 6.07) is 10.7. The summed E-state index contributed by atoms with van der Waals surface area (Å²) in [4.78, 5) is 38.4. The molecular weight excluding hydrogens is 468 g/mol. The van der Waals surface area contributed by atoms with Gasteiger partial charge in [0.25, 0.3) is 0 Å². The molecule has 2 aromatic heterocycles. The quantitative estimate of drug-likeness (QED) is 0.361. The Kier molecular flexibility index (Phi) is 7.06. The third kappa shape index (κ3) is 4.46. The molecular formula is C22H21BrN2O6. The molecule has 0 atom stereocenters. The molecule has 2 heterocycles. The van der Waals surface area contributed by atoms with Crippen LogP contribution in [0.2, 0.25) is 0 Å². The summed E-state index contributed by atoms with van der Waals surface area (Å²) in [6.45, 7) is 5.16. The minimum atomic E-state index is -0.829. The lowest BCUT2D eigenvalue weighted by molar-refractivity contribution is 0.0459. The lowest BCUT2D eigenvalue weighted by Gasteiger charge is -2.07. The fourth-order valence-electron chi connectivity index (χ4n) is 3.11. The normalized spacial score (nSPS) is 10.7. The molecule has 0 amide bonds. The van der Waals surface area contributed by atoms with Crippen LogP contribution in [0.5, 0.6) is 0 Å². The molecule has 8 nitrogen and oxygen atoms in total. The van der Waals surface area contributed by atoms with E-state index in [0.717, 1.165) is 10.0 Å². The second kappa shape index (κ2) is 9.74. The lowest BCUT2D eigenvalue weighted by atomic mass is 10.1. The zero-order valence-electron chi connectivity index (χ0n) is 17.3. The van der Waals surface area contributed by atoms with Crippen LogP contribution < -0.4 is 0 Å². The molecule has 0 aliphatic carbocycles. The van der Waals surface area contributed by atoms with Crippen molar-refractivity contribution in [1.29, 1.82) is 0 Å². The maximum atomic E-state index is 12.8. The molecule has 0 fully saturated rings. The van der Waals surface area contributed by atoms with Gasteiger partial charge in [-0.2, -0.15) is 5.10 Å². The SMILES string of the molecule is CCOC(=O)c1c(C(=O)OCC)c2ccc(-c3ccc(Br)cc3)nn2c1C(=O)OCC. The van der Waals surface area contributed by atoms with Crippen molar-refractivity contribution in [3.8, 4) is 11.3 Å². The van der Waals surface area contributed by atoms with Crippen LogP contribution in [0.25, 0.3) is 16.8 Å². The van der Waals surface area contributed by atoms with Gasteiger partial charge in [0.05, 0.1) is 31.0 Å². The van der Waals surface area contributed by atoms with Crippen LogP contribution in [-0.2, 0) is 14.2 Å². The maximum Gasteiger partial charge on any atom is 0.357 e. The lowest BCUT2D eigenvalue weighted by Crippen LogP contribution is -2.18. The topological polar surface area (TPSA) is 96.2 Å². The number of carbonyl (C=O) groups excluding carboxylic acids is 3. The van der Waals surface area contributed by atoms with E-state index in [-0.39, 0.29) is 42.2 Å². The minimum Gasteiger partial charge on any atom is -0.462 e. The van der Waals surface area contributed by atoms with Crippen molar-refractivity contribution < 1.29 is 28.6 Å². The number of fused-ring (bicyclic) bond motifs is 1. The molecule has 162 valence electrons. The van der Waals surface area contributed by atoms with Crippen LogP contribution in [0, 0.1) is 0 Å². The molecule has 0 saturated carbocycles. The van der Waals surface area contributed by atoms with Gasteiger partial charge in [0.2, 0.25) is 0 Å². The van der Waals surface area contributed by atoms with Crippen LogP contribution in [0.3, 0.4) is 0 Å². The molecule has 0 bridgehead atoms. The van der Waals surface area contributed by atoms with Crippen molar-refractivity contribution in [2.24, 2.45) is 0 Å². The second-order valence-electron chi connectivity index (χ2n) is 6.28. The van der Waals surface area contributed by atoms with E-state index < -0.39 is 17.9 Å². The highest BCUT2D eigenvalue weighted by atomic mass is 79.9. The van der Waals surface area contributed by atoms with E-state index >= 15 is 0 Å². The zero-order valence-corrected chi connectivity index (χ0v) is 18.9. The van der Waals surface area contributed by atoms with Gasteiger partial charge in [-0.05, 0) is 45.0 Å². The van der Waals surface area contributed by atoms with E-state index in [1.54, 1.807) is 32.9 Å². The Morgan fingerprint density at radius 2 is 1.35 bits per heavy atom. The Morgan fingerprint density at radius 1 is 0.806 bits per heavy atom. The molecule has 0 spiro atoms. The third-order valence-electron chi connectivity index (χ3n) is 4.36. The fraction of sp³-hybridized carbons (Fsp3) is 0.273. The van der Waals surface area contributed by atoms with Crippen LogP contribution in [0.15, 0.2) is 40.9 Å². The van der Waals surface area contributed by atoms with Gasteiger partial charge in [0.15, 0.2) is 5.69 Å². The molecule has 3 aromatic rings. The van der Waals surface area contributed by atoms with Crippen molar-refractivity contribution in [3.63, 3.8) is 0 Å². The monoisotopic (exact) mass is 488 g/mol. The number of rotatable bonds is 7. The Bertz CT molecular complexity index is 1140. The zero-order chi connectivity index (χ0) is 22.5. The number of ether oxygens (including phenoxy) is 3. The van der Waals surface area contributed by atoms with Crippen molar-refractivity contribution in [1.82, 2.24) is 9.61 Å². The summed E-state index contributed by atoms with van der Waals surface area (Å²) in [5, 5.41) is 4.53. The number of esters is 3. The largest absolute Gasteiger partial charge is 0.462 e. The second-order valence-corrected chi connectivity index (χ2v) is 7.20. The maximum absolute atomic E-state index is 12.8. The highest BCUT2D eigenvalue weighted by Gasteiger charge is 2.34. The molecule has 3 rings (SSSR count). The first-order valence-corrected chi connectivity index (χ1v) is 10.5. The number of aromatic nitrogens is 2. The summed E-state index contributed by atoms with van der Waals surface area (Å²) in [5.41, 5.74) is 1.07. The first kappa shape index (κ1) is 22.5. The summed E-state index contributed by atoms with van der Waals surface area (Å²) in [7, 11) is 0. The average Bonchev–Trinajstić information content (AvgIpc) is 3.09. The predicted octanol–water partition coefficient (Wildman–Crippen LogP) is 4.29.